The lowest BCUT2D eigenvalue weighted by atomic mass is 10.3. The van der Waals surface area contributed by atoms with Gasteiger partial charge in [0.25, 0.3) is 0 Å². The van der Waals surface area contributed by atoms with E-state index in [0.29, 0.717) is 5.82 Å². The molecule has 1 N–H and O–H groups in total. The zero-order valence-electron chi connectivity index (χ0n) is 6.76. The zero-order valence-corrected chi connectivity index (χ0v) is 7.58. The lowest BCUT2D eigenvalue weighted by molar-refractivity contribution is -0.114. The smallest absolute Gasteiger partial charge is 0.222 e. The average Bonchev–Trinajstić information content (AvgIpc) is 2.18. The number of amides is 1. The number of anilines is 1. The molecule has 1 aromatic heterocycles. The first kappa shape index (κ1) is 8.20. The summed E-state index contributed by atoms with van der Waals surface area (Å²) in [5.41, 5.74) is 1.06. The second kappa shape index (κ2) is 3.00. The molecule has 0 saturated heterocycles. The van der Waals surface area contributed by atoms with Crippen LogP contribution in [0.5, 0.6) is 0 Å². The van der Waals surface area contributed by atoms with Gasteiger partial charge in [-0.15, -0.1) is 0 Å². The van der Waals surface area contributed by atoms with Gasteiger partial charge in [0.2, 0.25) is 5.91 Å². The Bertz CT molecular complexity index is 280. The van der Waals surface area contributed by atoms with Crippen LogP contribution in [-0.4, -0.2) is 10.3 Å². The van der Waals surface area contributed by atoms with Crippen molar-refractivity contribution in [1.82, 2.24) is 4.37 Å². The SMILES string of the molecule is CC(=O)Nc1nsc(C)c1C. The molecule has 3 nitrogen and oxygen atoms in total. The molecule has 0 aliphatic carbocycles. The predicted octanol–water partition coefficient (Wildman–Crippen LogP) is 1.72. The van der Waals surface area contributed by atoms with Gasteiger partial charge in [-0.25, -0.2) is 0 Å². The number of carbonyl (C=O) groups is 1. The normalized spacial score (nSPS) is 9.73. The largest absolute Gasteiger partial charge is 0.310 e. The van der Waals surface area contributed by atoms with Crippen molar-refractivity contribution in [3.05, 3.63) is 10.4 Å². The Labute approximate surface area is 69.6 Å². The Hall–Kier alpha value is -0.900. The minimum atomic E-state index is -0.0709. The molecule has 4 heteroatoms. The van der Waals surface area contributed by atoms with Crippen LogP contribution < -0.4 is 5.32 Å². The number of nitrogens with zero attached hydrogens (tertiary/aromatic N) is 1. The van der Waals surface area contributed by atoms with Gasteiger partial charge in [0.05, 0.1) is 0 Å². The summed E-state index contributed by atoms with van der Waals surface area (Å²) in [6.45, 7) is 5.41. The van der Waals surface area contributed by atoms with Crippen molar-refractivity contribution in [2.75, 3.05) is 5.32 Å². The summed E-state index contributed by atoms with van der Waals surface area (Å²) in [6, 6.07) is 0. The van der Waals surface area contributed by atoms with Gasteiger partial charge in [0.1, 0.15) is 5.82 Å². The van der Waals surface area contributed by atoms with Crippen molar-refractivity contribution in [3.63, 3.8) is 0 Å². The van der Waals surface area contributed by atoms with Crippen molar-refractivity contribution in [2.45, 2.75) is 20.8 Å². The molecule has 11 heavy (non-hydrogen) atoms. The number of hydrogen-bond donors (Lipinski definition) is 1. The summed E-state index contributed by atoms with van der Waals surface area (Å²) < 4.78 is 4.07. The van der Waals surface area contributed by atoms with Gasteiger partial charge >= 0.3 is 0 Å². The minimum Gasteiger partial charge on any atom is -0.310 e. The van der Waals surface area contributed by atoms with Crippen molar-refractivity contribution < 1.29 is 4.79 Å². The van der Waals surface area contributed by atoms with Crippen LogP contribution in [0, 0.1) is 13.8 Å². The first-order valence-electron chi connectivity index (χ1n) is 3.31. The lowest BCUT2D eigenvalue weighted by Crippen LogP contribution is -2.06. The lowest BCUT2D eigenvalue weighted by Gasteiger charge is -1.96. The van der Waals surface area contributed by atoms with Gasteiger partial charge in [0.15, 0.2) is 0 Å². The topological polar surface area (TPSA) is 42.0 Å². The van der Waals surface area contributed by atoms with Gasteiger partial charge in [0, 0.05) is 17.4 Å². The molecule has 0 aliphatic heterocycles. The van der Waals surface area contributed by atoms with Crippen molar-refractivity contribution >= 4 is 23.3 Å². The molecule has 0 saturated carbocycles. The third kappa shape index (κ3) is 1.77. The van der Waals surface area contributed by atoms with Crippen LogP contribution in [-0.2, 0) is 4.79 Å². The van der Waals surface area contributed by atoms with Gasteiger partial charge in [-0.05, 0) is 25.4 Å². The molecule has 0 fully saturated rings. The van der Waals surface area contributed by atoms with Gasteiger partial charge in [-0.2, -0.15) is 4.37 Å². The van der Waals surface area contributed by atoms with E-state index < -0.39 is 0 Å². The molecule has 0 spiro atoms. The van der Waals surface area contributed by atoms with E-state index in [2.05, 4.69) is 9.69 Å². The number of aryl methyl sites for hydroxylation is 1. The highest BCUT2D eigenvalue weighted by Crippen LogP contribution is 2.20. The maximum Gasteiger partial charge on any atom is 0.222 e. The summed E-state index contributed by atoms with van der Waals surface area (Å²) in [5.74, 6) is 0.624. The molecule has 0 bridgehead atoms. The molecule has 0 unspecified atom stereocenters. The summed E-state index contributed by atoms with van der Waals surface area (Å²) in [7, 11) is 0. The maximum atomic E-state index is 10.6. The predicted molar refractivity (Wildman–Crippen MR) is 45.9 cm³/mol. The highest BCUT2D eigenvalue weighted by molar-refractivity contribution is 7.06. The van der Waals surface area contributed by atoms with Crippen LogP contribution in [0.1, 0.15) is 17.4 Å². The Balaban J connectivity index is 2.87. The van der Waals surface area contributed by atoms with Gasteiger partial charge in [-0.1, -0.05) is 0 Å². The van der Waals surface area contributed by atoms with Crippen molar-refractivity contribution in [1.29, 1.82) is 0 Å². The van der Waals surface area contributed by atoms with Crippen molar-refractivity contribution in [2.24, 2.45) is 0 Å². The fourth-order valence-electron chi connectivity index (χ4n) is 0.701. The van der Waals surface area contributed by atoms with Crippen LogP contribution in [0.25, 0.3) is 0 Å². The summed E-state index contributed by atoms with van der Waals surface area (Å²) in [4.78, 5) is 11.8. The molecular formula is C7H10N2OS. The summed E-state index contributed by atoms with van der Waals surface area (Å²) in [6.07, 6.45) is 0. The number of nitrogens with one attached hydrogen (secondary N) is 1. The maximum absolute atomic E-state index is 10.6. The second-order valence-electron chi connectivity index (χ2n) is 2.39. The molecule has 0 radical (unpaired) electrons. The van der Waals surface area contributed by atoms with E-state index in [4.69, 9.17) is 0 Å². The van der Waals surface area contributed by atoms with Crippen LogP contribution in [0.4, 0.5) is 5.82 Å². The molecular weight excluding hydrogens is 160 g/mol. The molecule has 1 rings (SSSR count). The molecule has 1 heterocycles. The third-order valence-electron chi connectivity index (χ3n) is 1.45. The molecule has 60 valence electrons. The third-order valence-corrected chi connectivity index (χ3v) is 2.31. The standard InChI is InChI=1S/C7H10N2OS/c1-4-5(2)11-9-7(4)8-6(3)10/h1-3H3,(H,8,9,10). The van der Waals surface area contributed by atoms with E-state index in [1.807, 2.05) is 13.8 Å². The highest BCUT2D eigenvalue weighted by atomic mass is 32.1. The van der Waals surface area contributed by atoms with Gasteiger partial charge < -0.3 is 5.32 Å². The fourth-order valence-corrected chi connectivity index (χ4v) is 1.35. The van der Waals surface area contributed by atoms with E-state index in [1.54, 1.807) is 0 Å². The fraction of sp³-hybridized carbons (Fsp3) is 0.429. The quantitative estimate of drug-likeness (QED) is 0.697. The average molecular weight is 170 g/mol. The number of aromatic nitrogens is 1. The Morgan fingerprint density at radius 1 is 1.55 bits per heavy atom. The van der Waals surface area contributed by atoms with Crippen LogP contribution in [0.15, 0.2) is 0 Å². The Morgan fingerprint density at radius 3 is 2.55 bits per heavy atom. The van der Waals surface area contributed by atoms with Crippen molar-refractivity contribution in [3.8, 4) is 0 Å². The number of carbonyl (C=O) groups excluding carboxylic acids is 1. The first-order valence-corrected chi connectivity index (χ1v) is 4.09. The molecule has 0 atom stereocenters. The Morgan fingerprint density at radius 2 is 2.18 bits per heavy atom. The second-order valence-corrected chi connectivity index (χ2v) is 3.37. The number of rotatable bonds is 1. The van der Waals surface area contributed by atoms with E-state index in [-0.39, 0.29) is 5.91 Å². The number of hydrogen-bond acceptors (Lipinski definition) is 3. The minimum absolute atomic E-state index is 0.0709. The highest BCUT2D eigenvalue weighted by Gasteiger charge is 2.05. The summed E-state index contributed by atoms with van der Waals surface area (Å²) >= 11 is 1.41. The molecule has 1 amide bonds. The molecule has 0 aliphatic rings. The van der Waals surface area contributed by atoms with E-state index in [9.17, 15) is 4.79 Å². The summed E-state index contributed by atoms with van der Waals surface area (Å²) in [5, 5.41) is 2.65. The van der Waals surface area contributed by atoms with E-state index in [1.165, 1.54) is 18.5 Å². The Kier molecular flexibility index (Phi) is 2.24. The van der Waals surface area contributed by atoms with Crippen LogP contribution in [0.3, 0.4) is 0 Å². The van der Waals surface area contributed by atoms with Crippen LogP contribution >= 0.6 is 11.5 Å². The molecule has 1 aromatic rings. The van der Waals surface area contributed by atoms with Gasteiger partial charge in [-0.3, -0.25) is 4.79 Å². The zero-order chi connectivity index (χ0) is 8.43. The van der Waals surface area contributed by atoms with Crippen LogP contribution in [0.2, 0.25) is 0 Å². The first-order chi connectivity index (χ1) is 5.11. The molecule has 0 aromatic carbocycles. The van der Waals surface area contributed by atoms with E-state index in [0.717, 1.165) is 10.4 Å². The monoisotopic (exact) mass is 170 g/mol. The van der Waals surface area contributed by atoms with E-state index >= 15 is 0 Å².